The van der Waals surface area contributed by atoms with Crippen LogP contribution in [0, 0.1) is 12.8 Å². The average Bonchev–Trinajstić information content (AvgIpc) is 2.27. The van der Waals surface area contributed by atoms with Gasteiger partial charge in [0.1, 0.15) is 16.2 Å². The fourth-order valence-electron chi connectivity index (χ4n) is 1.82. The monoisotopic (exact) mass is 301 g/mol. The molecule has 1 aliphatic heterocycles. The molecule has 2 heterocycles. The van der Waals surface area contributed by atoms with Gasteiger partial charge in [-0.15, -0.1) is 0 Å². The molecule has 0 spiro atoms. The van der Waals surface area contributed by atoms with Gasteiger partial charge in [-0.1, -0.05) is 0 Å². The Labute approximate surface area is 109 Å². The van der Waals surface area contributed by atoms with E-state index in [1.54, 1.807) is 0 Å². The van der Waals surface area contributed by atoms with Crippen LogP contribution in [0.15, 0.2) is 10.7 Å². The van der Waals surface area contributed by atoms with E-state index in [4.69, 9.17) is 0 Å². The van der Waals surface area contributed by atoms with Gasteiger partial charge in [0.25, 0.3) is 0 Å². The van der Waals surface area contributed by atoms with E-state index in [2.05, 4.69) is 43.0 Å². The number of anilines is 1. The number of nitrogens with one attached hydrogen (secondary N) is 1. The van der Waals surface area contributed by atoms with Gasteiger partial charge in [-0.3, -0.25) is 0 Å². The molecule has 0 amide bonds. The molecule has 2 rings (SSSR count). The van der Waals surface area contributed by atoms with Gasteiger partial charge < -0.3 is 5.32 Å². The molecule has 3 nitrogen and oxygen atoms in total. The van der Waals surface area contributed by atoms with E-state index >= 15 is 0 Å². The zero-order valence-corrected chi connectivity index (χ0v) is 11.8. The predicted octanol–water partition coefficient (Wildman–Crippen LogP) is 3.10. The number of aromatic nitrogens is 2. The molecule has 1 fully saturated rings. The summed E-state index contributed by atoms with van der Waals surface area (Å²) in [6.45, 7) is 2.94. The summed E-state index contributed by atoms with van der Waals surface area (Å²) in [5.41, 5.74) is 0. The number of hydrogen-bond donors (Lipinski definition) is 1. The van der Waals surface area contributed by atoms with Gasteiger partial charge in [0.15, 0.2) is 0 Å². The van der Waals surface area contributed by atoms with Crippen LogP contribution in [0.2, 0.25) is 0 Å². The Morgan fingerprint density at radius 1 is 1.44 bits per heavy atom. The van der Waals surface area contributed by atoms with Gasteiger partial charge in [0.05, 0.1) is 0 Å². The summed E-state index contributed by atoms with van der Waals surface area (Å²) >= 11 is 5.45. The first kappa shape index (κ1) is 12.2. The molecule has 5 heteroatoms. The smallest absolute Gasteiger partial charge is 0.130 e. The van der Waals surface area contributed by atoms with Crippen molar-refractivity contribution in [1.82, 2.24) is 9.97 Å². The standard InChI is InChI=1S/C11H16BrN3S/c1-8-14-10(12)6-11(15-8)13-7-9-2-4-16-5-3-9/h6,9H,2-5,7H2,1H3,(H,13,14,15). The Kier molecular flexibility index (Phi) is 4.46. The maximum absolute atomic E-state index is 4.36. The number of nitrogens with zero attached hydrogens (tertiary/aromatic N) is 2. The summed E-state index contributed by atoms with van der Waals surface area (Å²) in [6.07, 6.45) is 2.64. The van der Waals surface area contributed by atoms with Crippen molar-refractivity contribution in [3.05, 3.63) is 16.5 Å². The minimum Gasteiger partial charge on any atom is -0.370 e. The lowest BCUT2D eigenvalue weighted by Gasteiger charge is -2.21. The minimum absolute atomic E-state index is 0.801. The summed E-state index contributed by atoms with van der Waals surface area (Å²) < 4.78 is 0.849. The molecule has 0 bridgehead atoms. The molecule has 1 N–H and O–H groups in total. The zero-order valence-electron chi connectivity index (χ0n) is 9.37. The SMILES string of the molecule is Cc1nc(Br)cc(NCC2CCSCC2)n1. The van der Waals surface area contributed by atoms with E-state index in [-0.39, 0.29) is 0 Å². The molecule has 1 saturated heterocycles. The van der Waals surface area contributed by atoms with Crippen LogP contribution in [0.3, 0.4) is 0 Å². The highest BCUT2D eigenvalue weighted by atomic mass is 79.9. The van der Waals surface area contributed by atoms with Gasteiger partial charge in [-0.05, 0) is 53.1 Å². The molecule has 0 unspecified atom stereocenters. The van der Waals surface area contributed by atoms with E-state index < -0.39 is 0 Å². The molecule has 1 aliphatic rings. The highest BCUT2D eigenvalue weighted by Gasteiger charge is 2.13. The fourth-order valence-corrected chi connectivity index (χ4v) is 3.50. The van der Waals surface area contributed by atoms with E-state index in [1.807, 2.05) is 13.0 Å². The summed E-state index contributed by atoms with van der Waals surface area (Å²) in [4.78, 5) is 8.55. The number of hydrogen-bond acceptors (Lipinski definition) is 4. The summed E-state index contributed by atoms with van der Waals surface area (Å²) in [7, 11) is 0. The Morgan fingerprint density at radius 2 is 2.19 bits per heavy atom. The maximum Gasteiger partial charge on any atom is 0.130 e. The zero-order chi connectivity index (χ0) is 11.4. The van der Waals surface area contributed by atoms with Crippen LogP contribution in [0.1, 0.15) is 18.7 Å². The molecule has 0 saturated carbocycles. The van der Waals surface area contributed by atoms with Crippen LogP contribution in [-0.2, 0) is 0 Å². The highest BCUT2D eigenvalue weighted by molar-refractivity contribution is 9.10. The first-order valence-electron chi connectivity index (χ1n) is 5.57. The lowest BCUT2D eigenvalue weighted by molar-refractivity contribution is 0.515. The first-order valence-corrected chi connectivity index (χ1v) is 7.51. The second-order valence-corrected chi connectivity index (χ2v) is 6.10. The Balaban J connectivity index is 1.88. The molecule has 88 valence electrons. The quantitative estimate of drug-likeness (QED) is 0.871. The Bertz CT molecular complexity index is 333. The third kappa shape index (κ3) is 3.63. The molecule has 16 heavy (non-hydrogen) atoms. The fraction of sp³-hybridized carbons (Fsp3) is 0.636. The van der Waals surface area contributed by atoms with Crippen LogP contribution in [0.4, 0.5) is 5.82 Å². The number of aryl methyl sites for hydroxylation is 1. The van der Waals surface area contributed by atoms with Crippen LogP contribution >= 0.6 is 27.7 Å². The van der Waals surface area contributed by atoms with Crippen LogP contribution in [0.5, 0.6) is 0 Å². The van der Waals surface area contributed by atoms with Crippen molar-refractivity contribution in [2.75, 3.05) is 23.4 Å². The van der Waals surface area contributed by atoms with Crippen molar-refractivity contribution < 1.29 is 0 Å². The molecule has 1 aromatic rings. The lowest BCUT2D eigenvalue weighted by Crippen LogP contribution is -2.19. The molecule has 0 aliphatic carbocycles. The first-order chi connectivity index (χ1) is 7.74. The molecule has 1 aromatic heterocycles. The van der Waals surface area contributed by atoms with Gasteiger partial charge in [0.2, 0.25) is 0 Å². The average molecular weight is 302 g/mol. The molecular weight excluding hydrogens is 286 g/mol. The Hall–Kier alpha value is -0.290. The number of thioether (sulfide) groups is 1. The van der Waals surface area contributed by atoms with Crippen molar-refractivity contribution in [3.63, 3.8) is 0 Å². The van der Waals surface area contributed by atoms with Crippen molar-refractivity contribution in [1.29, 1.82) is 0 Å². The maximum atomic E-state index is 4.36. The second kappa shape index (κ2) is 5.87. The highest BCUT2D eigenvalue weighted by Crippen LogP contribution is 2.23. The van der Waals surface area contributed by atoms with E-state index in [0.717, 1.165) is 28.7 Å². The molecule has 0 radical (unpaired) electrons. The topological polar surface area (TPSA) is 37.8 Å². The second-order valence-electron chi connectivity index (χ2n) is 4.06. The molecule has 0 atom stereocenters. The number of halogens is 1. The van der Waals surface area contributed by atoms with Crippen molar-refractivity contribution in [3.8, 4) is 0 Å². The minimum atomic E-state index is 0.801. The van der Waals surface area contributed by atoms with E-state index in [0.29, 0.717) is 0 Å². The summed E-state index contributed by atoms with van der Waals surface area (Å²) in [5, 5.41) is 3.41. The summed E-state index contributed by atoms with van der Waals surface area (Å²) in [6, 6.07) is 1.94. The largest absolute Gasteiger partial charge is 0.370 e. The predicted molar refractivity (Wildman–Crippen MR) is 73.0 cm³/mol. The molecule has 0 aromatic carbocycles. The van der Waals surface area contributed by atoms with Crippen molar-refractivity contribution in [2.45, 2.75) is 19.8 Å². The van der Waals surface area contributed by atoms with Gasteiger partial charge in [-0.2, -0.15) is 11.8 Å². The van der Waals surface area contributed by atoms with Crippen LogP contribution in [-0.4, -0.2) is 28.0 Å². The van der Waals surface area contributed by atoms with Gasteiger partial charge in [-0.25, -0.2) is 9.97 Å². The van der Waals surface area contributed by atoms with Crippen molar-refractivity contribution >= 4 is 33.5 Å². The van der Waals surface area contributed by atoms with Crippen molar-refractivity contribution in [2.24, 2.45) is 5.92 Å². The van der Waals surface area contributed by atoms with Crippen LogP contribution < -0.4 is 5.32 Å². The van der Waals surface area contributed by atoms with Gasteiger partial charge >= 0.3 is 0 Å². The van der Waals surface area contributed by atoms with E-state index in [1.165, 1.54) is 24.3 Å². The van der Waals surface area contributed by atoms with E-state index in [9.17, 15) is 0 Å². The third-order valence-corrected chi connectivity index (χ3v) is 4.17. The molecular formula is C11H16BrN3S. The summed E-state index contributed by atoms with van der Waals surface area (Å²) in [5.74, 6) is 5.14. The van der Waals surface area contributed by atoms with Crippen LogP contribution in [0.25, 0.3) is 0 Å². The van der Waals surface area contributed by atoms with Gasteiger partial charge in [0, 0.05) is 12.6 Å². The lowest BCUT2D eigenvalue weighted by atomic mass is 10.0. The Morgan fingerprint density at radius 3 is 2.88 bits per heavy atom. The number of rotatable bonds is 3. The third-order valence-electron chi connectivity index (χ3n) is 2.72. The normalized spacial score (nSPS) is 17.4.